The van der Waals surface area contributed by atoms with Crippen LogP contribution in [-0.2, 0) is 23.6 Å². The molecule has 0 fully saturated rings. The van der Waals surface area contributed by atoms with Crippen LogP contribution in [-0.4, -0.2) is 24.1 Å². The molecular formula is C16H16N4O3S2. The van der Waals surface area contributed by atoms with Crippen molar-refractivity contribution >= 4 is 27.3 Å². The average Bonchev–Trinajstić information content (AvgIpc) is 3.21. The van der Waals surface area contributed by atoms with E-state index in [1.165, 1.54) is 16.8 Å². The van der Waals surface area contributed by atoms with Crippen molar-refractivity contribution in [1.29, 1.82) is 0 Å². The number of nitrogens with zero attached hydrogens (tertiary/aromatic N) is 2. The number of nitrogens with one attached hydrogen (secondary N) is 1. The van der Waals surface area contributed by atoms with Gasteiger partial charge in [0, 0.05) is 13.6 Å². The van der Waals surface area contributed by atoms with Gasteiger partial charge in [0.25, 0.3) is 5.91 Å². The summed E-state index contributed by atoms with van der Waals surface area (Å²) in [4.78, 5) is 13.4. The number of hydrogen-bond donors (Lipinski definition) is 2. The number of thiophene rings is 1. The van der Waals surface area contributed by atoms with Crippen molar-refractivity contribution in [3.63, 3.8) is 0 Å². The topological polar surface area (TPSA) is 107 Å². The molecule has 0 radical (unpaired) electrons. The summed E-state index contributed by atoms with van der Waals surface area (Å²) in [7, 11) is -2.00. The molecule has 0 aliphatic heterocycles. The van der Waals surface area contributed by atoms with Gasteiger partial charge in [-0.3, -0.25) is 9.48 Å². The normalized spacial score (nSPS) is 11.4. The van der Waals surface area contributed by atoms with E-state index in [9.17, 15) is 13.2 Å². The van der Waals surface area contributed by atoms with Crippen molar-refractivity contribution in [3.05, 3.63) is 59.1 Å². The zero-order valence-electron chi connectivity index (χ0n) is 13.3. The van der Waals surface area contributed by atoms with Gasteiger partial charge < -0.3 is 5.32 Å². The number of hydrogen-bond acceptors (Lipinski definition) is 5. The summed E-state index contributed by atoms with van der Waals surface area (Å²) in [5, 5.41) is 14.2. The van der Waals surface area contributed by atoms with Crippen LogP contribution in [0.1, 0.15) is 16.1 Å². The lowest BCUT2D eigenvalue weighted by atomic mass is 10.2. The molecule has 3 rings (SSSR count). The number of benzene rings is 1. The summed E-state index contributed by atoms with van der Waals surface area (Å²) in [6.07, 6.45) is 0. The maximum Gasteiger partial charge on any atom is 0.269 e. The molecule has 25 heavy (non-hydrogen) atoms. The third-order valence-corrected chi connectivity index (χ3v) is 5.41. The van der Waals surface area contributed by atoms with Gasteiger partial charge in [0.05, 0.1) is 9.77 Å². The molecule has 1 aromatic carbocycles. The Labute approximate surface area is 149 Å². The van der Waals surface area contributed by atoms with Crippen LogP contribution in [0.5, 0.6) is 0 Å². The van der Waals surface area contributed by atoms with Crippen LogP contribution in [0.2, 0.25) is 0 Å². The molecule has 0 aliphatic carbocycles. The predicted molar refractivity (Wildman–Crippen MR) is 95.5 cm³/mol. The standard InChI is InChI=1S/C16H16N4O3S2/c1-20-14(9-13(19-20)15-3-2-8-24-15)16(21)18-10-11-4-6-12(7-5-11)25(17,22)23/h2-9H,10H2,1H3,(H,18,21)(H2,17,22,23). The number of carbonyl (C=O) groups excluding carboxylic acids is 1. The summed E-state index contributed by atoms with van der Waals surface area (Å²) in [5.41, 5.74) is 1.96. The highest BCUT2D eigenvalue weighted by molar-refractivity contribution is 7.89. The number of aromatic nitrogens is 2. The highest BCUT2D eigenvalue weighted by Gasteiger charge is 2.14. The number of aryl methyl sites for hydroxylation is 1. The molecule has 0 bridgehead atoms. The first kappa shape index (κ1) is 17.3. The average molecular weight is 376 g/mol. The van der Waals surface area contributed by atoms with Crippen LogP contribution in [0.3, 0.4) is 0 Å². The zero-order valence-corrected chi connectivity index (χ0v) is 15.0. The Kier molecular flexibility index (Phi) is 4.71. The Balaban J connectivity index is 1.69. The lowest BCUT2D eigenvalue weighted by Crippen LogP contribution is -2.25. The first-order valence-corrected chi connectivity index (χ1v) is 9.75. The fourth-order valence-electron chi connectivity index (χ4n) is 2.29. The van der Waals surface area contributed by atoms with E-state index in [0.717, 1.165) is 16.1 Å². The van der Waals surface area contributed by atoms with Crippen molar-refractivity contribution in [2.24, 2.45) is 12.2 Å². The van der Waals surface area contributed by atoms with Crippen molar-refractivity contribution in [2.45, 2.75) is 11.4 Å². The molecule has 130 valence electrons. The molecule has 0 spiro atoms. The second-order valence-electron chi connectivity index (χ2n) is 5.39. The number of rotatable bonds is 5. The number of nitrogens with two attached hydrogens (primary N) is 1. The Hall–Kier alpha value is -2.49. The summed E-state index contributed by atoms with van der Waals surface area (Å²) in [6.45, 7) is 0.267. The van der Waals surface area contributed by atoms with Gasteiger partial charge in [0.15, 0.2) is 0 Å². The maximum atomic E-state index is 12.4. The van der Waals surface area contributed by atoms with E-state index >= 15 is 0 Å². The van der Waals surface area contributed by atoms with Gasteiger partial charge in [-0.2, -0.15) is 5.10 Å². The Bertz CT molecular complexity index is 991. The van der Waals surface area contributed by atoms with Crippen LogP contribution in [0.25, 0.3) is 10.6 Å². The smallest absolute Gasteiger partial charge is 0.269 e. The van der Waals surface area contributed by atoms with E-state index in [1.807, 2.05) is 17.5 Å². The van der Waals surface area contributed by atoms with E-state index < -0.39 is 10.0 Å². The van der Waals surface area contributed by atoms with E-state index in [0.29, 0.717) is 5.69 Å². The first-order valence-electron chi connectivity index (χ1n) is 7.32. The summed E-state index contributed by atoms with van der Waals surface area (Å²) < 4.78 is 24.0. The molecule has 2 aromatic heterocycles. The molecule has 3 aromatic rings. The molecule has 7 nitrogen and oxygen atoms in total. The van der Waals surface area contributed by atoms with Crippen LogP contribution in [0, 0.1) is 0 Å². The molecule has 0 unspecified atom stereocenters. The third-order valence-electron chi connectivity index (χ3n) is 3.59. The quantitative estimate of drug-likeness (QED) is 0.707. The van der Waals surface area contributed by atoms with Crippen molar-refractivity contribution < 1.29 is 13.2 Å². The van der Waals surface area contributed by atoms with Crippen molar-refractivity contribution in [1.82, 2.24) is 15.1 Å². The van der Waals surface area contributed by atoms with Gasteiger partial charge in [-0.25, -0.2) is 13.6 Å². The zero-order chi connectivity index (χ0) is 18.0. The minimum Gasteiger partial charge on any atom is -0.347 e. The second kappa shape index (κ2) is 6.79. The lowest BCUT2D eigenvalue weighted by Gasteiger charge is -2.06. The molecule has 2 heterocycles. The Morgan fingerprint density at radius 1 is 1.28 bits per heavy atom. The summed E-state index contributed by atoms with van der Waals surface area (Å²) >= 11 is 1.56. The highest BCUT2D eigenvalue weighted by atomic mass is 32.2. The highest BCUT2D eigenvalue weighted by Crippen LogP contribution is 2.23. The lowest BCUT2D eigenvalue weighted by molar-refractivity contribution is 0.0941. The molecule has 1 amide bonds. The van der Waals surface area contributed by atoms with Gasteiger partial charge in [0.2, 0.25) is 10.0 Å². The molecule has 0 saturated heterocycles. The van der Waals surface area contributed by atoms with Crippen LogP contribution in [0.4, 0.5) is 0 Å². The van der Waals surface area contributed by atoms with Gasteiger partial charge in [-0.1, -0.05) is 18.2 Å². The minimum atomic E-state index is -3.72. The third kappa shape index (κ3) is 3.95. The molecular weight excluding hydrogens is 360 g/mol. The largest absolute Gasteiger partial charge is 0.347 e. The fraction of sp³-hybridized carbons (Fsp3) is 0.125. The van der Waals surface area contributed by atoms with E-state index in [2.05, 4.69) is 10.4 Å². The molecule has 0 aliphatic rings. The van der Waals surface area contributed by atoms with Gasteiger partial charge >= 0.3 is 0 Å². The second-order valence-corrected chi connectivity index (χ2v) is 7.90. The SMILES string of the molecule is Cn1nc(-c2cccs2)cc1C(=O)NCc1ccc(S(N)(=O)=O)cc1. The number of sulfonamides is 1. The van der Waals surface area contributed by atoms with Gasteiger partial charge in [0.1, 0.15) is 11.4 Å². The van der Waals surface area contributed by atoms with E-state index in [-0.39, 0.29) is 17.3 Å². The predicted octanol–water partition coefficient (Wildman–Crippen LogP) is 1.73. The fourth-order valence-corrected chi connectivity index (χ4v) is 3.49. The number of primary sulfonamides is 1. The number of carbonyl (C=O) groups is 1. The van der Waals surface area contributed by atoms with E-state index in [1.54, 1.807) is 36.6 Å². The van der Waals surface area contributed by atoms with Gasteiger partial charge in [-0.05, 0) is 35.2 Å². The Morgan fingerprint density at radius 3 is 2.60 bits per heavy atom. The van der Waals surface area contributed by atoms with E-state index in [4.69, 9.17) is 5.14 Å². The molecule has 9 heteroatoms. The van der Waals surface area contributed by atoms with Crippen molar-refractivity contribution in [2.75, 3.05) is 0 Å². The maximum absolute atomic E-state index is 12.4. The summed E-state index contributed by atoms with van der Waals surface area (Å²) in [6, 6.07) is 11.7. The molecule has 0 atom stereocenters. The van der Waals surface area contributed by atoms with Crippen LogP contribution in [0.15, 0.2) is 52.7 Å². The van der Waals surface area contributed by atoms with Crippen LogP contribution >= 0.6 is 11.3 Å². The monoisotopic (exact) mass is 376 g/mol. The van der Waals surface area contributed by atoms with Crippen molar-refractivity contribution in [3.8, 4) is 10.6 Å². The first-order chi connectivity index (χ1) is 11.8. The molecule has 3 N–H and O–H groups in total. The number of amides is 1. The molecule has 0 saturated carbocycles. The summed E-state index contributed by atoms with van der Waals surface area (Å²) in [5.74, 6) is -0.256. The Morgan fingerprint density at radius 2 is 2.00 bits per heavy atom. The van der Waals surface area contributed by atoms with Gasteiger partial charge in [-0.15, -0.1) is 11.3 Å². The van der Waals surface area contributed by atoms with Crippen LogP contribution < -0.4 is 10.5 Å². The minimum absolute atomic E-state index is 0.0369.